The molecule has 1 N–H and O–H groups in total. The van der Waals surface area contributed by atoms with Gasteiger partial charge in [-0.25, -0.2) is 21.1 Å². The molecule has 0 radical (unpaired) electrons. The van der Waals surface area contributed by atoms with Crippen LogP contribution in [-0.4, -0.2) is 35.6 Å². The largest absolute Gasteiger partial charge is 0.495 e. The molecular weight excluding hydrogens is 440 g/mol. The van der Waals surface area contributed by atoms with Gasteiger partial charge in [-0.05, 0) is 44.2 Å². The molecule has 0 saturated carbocycles. The Morgan fingerprint density at radius 3 is 2.38 bits per heavy atom. The summed E-state index contributed by atoms with van der Waals surface area (Å²) >= 11 is 6.02. The minimum atomic E-state index is -4.21. The van der Waals surface area contributed by atoms with Gasteiger partial charge in [-0.2, -0.15) is 0 Å². The molecule has 0 aliphatic carbocycles. The Morgan fingerprint density at radius 1 is 1.17 bits per heavy atom. The van der Waals surface area contributed by atoms with E-state index in [1.807, 2.05) is 0 Å². The number of halogens is 1. The number of nitrogens with one attached hydrogen (secondary N) is 1. The average Bonchev–Trinajstić information content (AvgIpc) is 2.79. The second-order valence-electron chi connectivity index (χ2n) is 7.13. The first-order chi connectivity index (χ1) is 13.4. The number of carbonyl (C=O) groups excluding carboxylic acids is 1. The quantitative estimate of drug-likeness (QED) is 0.737. The number of para-hydroxylation sites is 1. The maximum absolute atomic E-state index is 13.0. The molecule has 1 fully saturated rings. The molecule has 2 aromatic rings. The van der Waals surface area contributed by atoms with E-state index in [1.165, 1.54) is 45.2 Å². The van der Waals surface area contributed by atoms with E-state index >= 15 is 0 Å². The van der Waals surface area contributed by atoms with E-state index in [2.05, 4.69) is 4.72 Å². The smallest absolute Gasteiger partial charge is 0.265 e. The third-order valence-electron chi connectivity index (χ3n) is 4.37. The molecule has 2 aromatic carbocycles. The summed E-state index contributed by atoms with van der Waals surface area (Å²) in [5.41, 5.74) is -1.05. The topological polar surface area (TPSA) is 110 Å². The number of benzene rings is 2. The molecule has 0 bridgehead atoms. The van der Waals surface area contributed by atoms with Crippen LogP contribution in [0.15, 0.2) is 47.4 Å². The van der Waals surface area contributed by atoms with Crippen LogP contribution in [-0.2, 0) is 24.8 Å². The molecule has 0 aromatic heterocycles. The van der Waals surface area contributed by atoms with Crippen molar-refractivity contribution >= 4 is 48.9 Å². The second kappa shape index (κ2) is 7.19. The van der Waals surface area contributed by atoms with Crippen molar-refractivity contribution in [1.29, 1.82) is 0 Å². The van der Waals surface area contributed by atoms with Crippen molar-refractivity contribution in [3.05, 3.63) is 47.5 Å². The van der Waals surface area contributed by atoms with Gasteiger partial charge in [0.05, 0.1) is 34.7 Å². The van der Waals surface area contributed by atoms with Crippen LogP contribution in [0.1, 0.15) is 13.8 Å². The molecule has 8 nitrogen and oxygen atoms in total. The summed E-state index contributed by atoms with van der Waals surface area (Å²) in [5.74, 6) is -1.02. The van der Waals surface area contributed by atoms with Crippen LogP contribution in [0, 0.1) is 5.41 Å². The van der Waals surface area contributed by atoms with Crippen LogP contribution in [0.4, 0.5) is 11.4 Å². The summed E-state index contributed by atoms with van der Waals surface area (Å²) in [7, 11) is -6.86. The lowest BCUT2D eigenvalue weighted by atomic mass is 9.95. The molecule has 0 unspecified atom stereocenters. The van der Waals surface area contributed by atoms with Crippen LogP contribution < -0.4 is 13.8 Å². The monoisotopic (exact) mass is 458 g/mol. The van der Waals surface area contributed by atoms with Gasteiger partial charge in [-0.3, -0.25) is 9.52 Å². The van der Waals surface area contributed by atoms with E-state index in [4.69, 9.17) is 16.3 Å². The minimum Gasteiger partial charge on any atom is -0.495 e. The van der Waals surface area contributed by atoms with Crippen molar-refractivity contribution in [2.45, 2.75) is 18.7 Å². The van der Waals surface area contributed by atoms with Crippen molar-refractivity contribution in [3.8, 4) is 5.75 Å². The lowest BCUT2D eigenvalue weighted by molar-refractivity contribution is -0.123. The summed E-state index contributed by atoms with van der Waals surface area (Å²) in [5, 5.41) is 0.185. The summed E-state index contributed by atoms with van der Waals surface area (Å²) < 4.78 is 59.1. The van der Waals surface area contributed by atoms with E-state index in [9.17, 15) is 21.6 Å². The van der Waals surface area contributed by atoms with Crippen LogP contribution >= 0.6 is 11.6 Å². The molecule has 0 spiro atoms. The summed E-state index contributed by atoms with van der Waals surface area (Å²) in [4.78, 5) is 12.3. The zero-order valence-electron chi connectivity index (χ0n) is 15.8. The molecule has 3 rings (SSSR count). The lowest BCUT2D eigenvalue weighted by Crippen LogP contribution is -2.33. The highest BCUT2D eigenvalue weighted by Crippen LogP contribution is 2.38. The van der Waals surface area contributed by atoms with Gasteiger partial charge in [0.2, 0.25) is 15.9 Å². The van der Waals surface area contributed by atoms with Gasteiger partial charge >= 0.3 is 0 Å². The number of sulfonamides is 2. The Hall–Kier alpha value is -2.30. The fraction of sp³-hybridized carbons (Fsp3) is 0.278. The van der Waals surface area contributed by atoms with E-state index in [0.717, 1.165) is 6.07 Å². The van der Waals surface area contributed by atoms with Gasteiger partial charge in [-0.15, -0.1) is 0 Å². The highest BCUT2D eigenvalue weighted by molar-refractivity contribution is 7.94. The molecule has 1 saturated heterocycles. The summed E-state index contributed by atoms with van der Waals surface area (Å²) in [6, 6.07) is 9.96. The van der Waals surface area contributed by atoms with E-state index in [0.29, 0.717) is 4.31 Å². The normalized spacial score (nSPS) is 17.9. The van der Waals surface area contributed by atoms with E-state index in [1.54, 1.807) is 12.1 Å². The van der Waals surface area contributed by atoms with Crippen LogP contribution in [0.5, 0.6) is 5.75 Å². The SMILES string of the molecule is COc1ccc(N2C(=O)C(C)(C)CS2(=O)=O)cc1S(=O)(=O)Nc1ccccc1Cl. The number of anilines is 2. The zero-order chi connectivity index (χ0) is 21.6. The van der Waals surface area contributed by atoms with Crippen LogP contribution in [0.3, 0.4) is 0 Å². The number of rotatable bonds is 5. The van der Waals surface area contributed by atoms with Crippen LogP contribution in [0.25, 0.3) is 0 Å². The predicted octanol–water partition coefficient (Wildman–Crippen LogP) is 2.85. The maximum Gasteiger partial charge on any atom is 0.265 e. The predicted molar refractivity (Wildman–Crippen MR) is 110 cm³/mol. The number of ether oxygens (including phenoxy) is 1. The Labute approximate surface area is 174 Å². The average molecular weight is 459 g/mol. The first kappa shape index (κ1) is 21.4. The molecule has 0 atom stereocenters. The number of hydrogen-bond donors (Lipinski definition) is 1. The highest BCUT2D eigenvalue weighted by atomic mass is 35.5. The second-order valence-corrected chi connectivity index (χ2v) is 11.0. The molecule has 1 aliphatic rings. The molecule has 1 heterocycles. The summed E-state index contributed by atoms with van der Waals surface area (Å²) in [6.45, 7) is 3.04. The van der Waals surface area contributed by atoms with Gasteiger partial charge in [-0.1, -0.05) is 23.7 Å². The van der Waals surface area contributed by atoms with Crippen molar-refractivity contribution in [3.63, 3.8) is 0 Å². The van der Waals surface area contributed by atoms with Gasteiger partial charge in [0.25, 0.3) is 10.0 Å². The fourth-order valence-corrected chi connectivity index (χ4v) is 6.61. The number of hydrogen-bond acceptors (Lipinski definition) is 6. The Bertz CT molecular complexity index is 1190. The number of carbonyl (C=O) groups is 1. The Balaban J connectivity index is 2.11. The molecule has 156 valence electrons. The highest BCUT2D eigenvalue weighted by Gasteiger charge is 2.50. The third-order valence-corrected chi connectivity index (χ3v) is 8.11. The Morgan fingerprint density at radius 2 is 1.83 bits per heavy atom. The number of amides is 1. The van der Waals surface area contributed by atoms with E-state index < -0.39 is 31.4 Å². The number of nitrogens with zero attached hydrogens (tertiary/aromatic N) is 1. The van der Waals surface area contributed by atoms with Gasteiger partial charge in [0.1, 0.15) is 10.6 Å². The van der Waals surface area contributed by atoms with Crippen molar-refractivity contribution in [1.82, 2.24) is 0 Å². The third kappa shape index (κ3) is 3.92. The molecule has 11 heteroatoms. The Kier molecular flexibility index (Phi) is 5.31. The van der Waals surface area contributed by atoms with Crippen molar-refractivity contribution in [2.24, 2.45) is 5.41 Å². The first-order valence-electron chi connectivity index (χ1n) is 8.42. The molecular formula is C18H19ClN2O6S2. The fourth-order valence-electron chi connectivity index (χ4n) is 3.01. The minimum absolute atomic E-state index is 0.0170. The van der Waals surface area contributed by atoms with E-state index in [-0.39, 0.29) is 32.8 Å². The van der Waals surface area contributed by atoms with Crippen molar-refractivity contribution < 1.29 is 26.4 Å². The zero-order valence-corrected chi connectivity index (χ0v) is 18.2. The standard InChI is InChI=1S/C18H19ClN2O6S2/c1-18(2)11-28(23,24)21(17(18)22)12-8-9-15(27-3)16(10-12)29(25,26)20-14-7-5-4-6-13(14)19/h4-10,20H,11H2,1-3H3. The summed E-state index contributed by atoms with van der Waals surface area (Å²) in [6.07, 6.45) is 0. The lowest BCUT2D eigenvalue weighted by Gasteiger charge is -2.19. The van der Waals surface area contributed by atoms with Gasteiger partial charge in [0.15, 0.2) is 0 Å². The maximum atomic E-state index is 13.0. The molecule has 29 heavy (non-hydrogen) atoms. The van der Waals surface area contributed by atoms with Crippen molar-refractivity contribution in [2.75, 3.05) is 21.9 Å². The molecule has 1 amide bonds. The number of methoxy groups -OCH3 is 1. The van der Waals surface area contributed by atoms with Crippen LogP contribution in [0.2, 0.25) is 5.02 Å². The first-order valence-corrected chi connectivity index (χ1v) is 11.9. The molecule has 1 aliphatic heterocycles. The van der Waals surface area contributed by atoms with Gasteiger partial charge in [0, 0.05) is 0 Å². The van der Waals surface area contributed by atoms with Gasteiger partial charge < -0.3 is 4.74 Å².